The summed E-state index contributed by atoms with van der Waals surface area (Å²) in [5.74, 6) is 2.09. The van der Waals surface area contributed by atoms with Crippen molar-refractivity contribution in [1.82, 2.24) is 4.90 Å². The maximum atomic E-state index is 12.6. The van der Waals surface area contributed by atoms with Gasteiger partial charge in [-0.2, -0.15) is 0 Å². The molecule has 3 aliphatic rings. The second-order valence-electron chi connectivity index (χ2n) is 7.09. The van der Waals surface area contributed by atoms with Crippen LogP contribution in [0.2, 0.25) is 0 Å². The normalized spacial score (nSPS) is 21.0. The first kappa shape index (κ1) is 14.8. The fourth-order valence-electron chi connectivity index (χ4n) is 3.97. The Morgan fingerprint density at radius 2 is 2.00 bits per heavy atom. The summed E-state index contributed by atoms with van der Waals surface area (Å²) in [4.78, 5) is 15.0. The van der Waals surface area contributed by atoms with Crippen LogP contribution >= 0.6 is 0 Å². The number of hydrogen-bond donors (Lipinski definition) is 0. The molecule has 0 N–H and O–H groups in total. The molecule has 0 amide bonds. The van der Waals surface area contributed by atoms with Gasteiger partial charge in [0.05, 0.1) is 11.1 Å². The van der Waals surface area contributed by atoms with E-state index in [1.807, 2.05) is 26.8 Å². The van der Waals surface area contributed by atoms with Crippen molar-refractivity contribution < 1.29 is 14.3 Å². The molecule has 1 saturated carbocycles. The number of hydrogen-bond acceptors (Lipinski definition) is 4. The number of ketones is 1. The van der Waals surface area contributed by atoms with Gasteiger partial charge < -0.3 is 9.47 Å². The second kappa shape index (κ2) is 5.38. The number of allylic oxidation sites excluding steroid dienone is 2. The quantitative estimate of drug-likeness (QED) is 0.736. The van der Waals surface area contributed by atoms with Gasteiger partial charge in [0.2, 0.25) is 5.78 Å². The number of rotatable bonds is 1. The van der Waals surface area contributed by atoms with Gasteiger partial charge in [0, 0.05) is 12.6 Å². The van der Waals surface area contributed by atoms with E-state index in [-0.39, 0.29) is 5.78 Å². The van der Waals surface area contributed by atoms with Crippen LogP contribution in [0.3, 0.4) is 0 Å². The molecule has 2 aliphatic heterocycles. The second-order valence-corrected chi connectivity index (χ2v) is 7.09. The lowest BCUT2D eigenvalue weighted by atomic mass is 9.98. The summed E-state index contributed by atoms with van der Waals surface area (Å²) in [5, 5.41) is 0. The minimum absolute atomic E-state index is 0.0123. The number of fused-ring (bicyclic) bond motifs is 3. The lowest BCUT2D eigenvalue weighted by Gasteiger charge is -2.34. The highest BCUT2D eigenvalue weighted by Gasteiger charge is 2.37. The van der Waals surface area contributed by atoms with Crippen LogP contribution in [0.1, 0.15) is 61.0 Å². The van der Waals surface area contributed by atoms with E-state index in [0.717, 1.165) is 40.3 Å². The van der Waals surface area contributed by atoms with E-state index in [4.69, 9.17) is 9.47 Å². The van der Waals surface area contributed by atoms with Gasteiger partial charge in [0.15, 0.2) is 5.76 Å². The number of aryl methyl sites for hydroxylation is 1. The van der Waals surface area contributed by atoms with Crippen molar-refractivity contribution in [2.45, 2.75) is 59.0 Å². The van der Waals surface area contributed by atoms with Crippen molar-refractivity contribution in [3.05, 3.63) is 34.1 Å². The third-order valence-electron chi connectivity index (χ3n) is 5.22. The first-order valence-corrected chi connectivity index (χ1v) is 8.49. The zero-order valence-corrected chi connectivity index (χ0v) is 14.1. The Balaban J connectivity index is 1.76. The lowest BCUT2D eigenvalue weighted by Crippen LogP contribution is -2.39. The van der Waals surface area contributed by atoms with Crippen LogP contribution in [-0.4, -0.2) is 23.5 Å². The number of nitrogens with zero attached hydrogens (tertiary/aromatic N) is 1. The molecule has 1 aliphatic carbocycles. The molecule has 0 radical (unpaired) electrons. The molecule has 0 aromatic heterocycles. The van der Waals surface area contributed by atoms with E-state index in [1.54, 1.807) is 0 Å². The maximum absolute atomic E-state index is 12.6. The van der Waals surface area contributed by atoms with Crippen LogP contribution in [0.15, 0.2) is 17.4 Å². The molecule has 4 heteroatoms. The molecule has 0 bridgehead atoms. The van der Waals surface area contributed by atoms with E-state index in [2.05, 4.69) is 4.90 Å². The minimum Gasteiger partial charge on any atom is -0.478 e. The molecule has 23 heavy (non-hydrogen) atoms. The van der Waals surface area contributed by atoms with Gasteiger partial charge in [-0.15, -0.1) is 0 Å². The minimum atomic E-state index is 0.0123. The van der Waals surface area contributed by atoms with Crippen molar-refractivity contribution in [1.29, 1.82) is 0 Å². The van der Waals surface area contributed by atoms with Crippen molar-refractivity contribution in [3.63, 3.8) is 0 Å². The van der Waals surface area contributed by atoms with E-state index in [0.29, 0.717) is 18.5 Å². The summed E-state index contributed by atoms with van der Waals surface area (Å²) in [6, 6.07) is 2.59. The zero-order chi connectivity index (χ0) is 16.1. The SMILES string of the molecule is CC(C)=C1Oc2c3c(cc(C)c2C1=O)OCN(C1CCCC1)C3. The highest BCUT2D eigenvalue weighted by molar-refractivity contribution is 6.14. The largest absolute Gasteiger partial charge is 0.478 e. The molecule has 4 nitrogen and oxygen atoms in total. The van der Waals surface area contributed by atoms with Gasteiger partial charge in [-0.25, -0.2) is 0 Å². The average molecular weight is 313 g/mol. The van der Waals surface area contributed by atoms with Crippen LogP contribution in [-0.2, 0) is 6.54 Å². The molecule has 0 unspecified atom stereocenters. The predicted octanol–water partition coefficient (Wildman–Crippen LogP) is 3.96. The van der Waals surface area contributed by atoms with Gasteiger partial charge in [-0.1, -0.05) is 12.8 Å². The highest BCUT2D eigenvalue weighted by Crippen LogP contribution is 2.45. The Labute approximate surface area is 137 Å². The van der Waals surface area contributed by atoms with Gasteiger partial charge in [-0.05, 0) is 50.8 Å². The molecule has 2 heterocycles. The molecule has 0 saturated heterocycles. The monoisotopic (exact) mass is 313 g/mol. The fourth-order valence-corrected chi connectivity index (χ4v) is 3.97. The summed E-state index contributed by atoms with van der Waals surface area (Å²) < 4.78 is 12.0. The van der Waals surface area contributed by atoms with Crippen LogP contribution < -0.4 is 9.47 Å². The van der Waals surface area contributed by atoms with E-state index in [1.165, 1.54) is 25.7 Å². The highest BCUT2D eigenvalue weighted by atomic mass is 16.5. The summed E-state index contributed by atoms with van der Waals surface area (Å²) >= 11 is 0. The van der Waals surface area contributed by atoms with Gasteiger partial charge in [-0.3, -0.25) is 9.69 Å². The molecule has 1 aromatic rings. The third-order valence-corrected chi connectivity index (χ3v) is 5.22. The molecular weight excluding hydrogens is 290 g/mol. The summed E-state index contributed by atoms with van der Waals surface area (Å²) in [5.41, 5.74) is 3.61. The number of Topliss-reactive ketones (excluding diaryl/α,β-unsaturated/α-hetero) is 1. The summed E-state index contributed by atoms with van der Waals surface area (Å²) in [6.45, 7) is 7.25. The summed E-state index contributed by atoms with van der Waals surface area (Å²) in [7, 11) is 0. The van der Waals surface area contributed by atoms with E-state index >= 15 is 0 Å². The standard InChI is InChI=1S/C19H23NO3/c1-11(2)18-17(21)16-12(3)8-15-14(19(16)23-18)9-20(10-22-15)13-6-4-5-7-13/h8,13H,4-7,9-10H2,1-3H3. The molecule has 0 spiro atoms. The average Bonchev–Trinajstić information content (AvgIpc) is 3.15. The first-order valence-electron chi connectivity index (χ1n) is 8.49. The first-order chi connectivity index (χ1) is 11.1. The van der Waals surface area contributed by atoms with Crippen LogP contribution in [0, 0.1) is 6.92 Å². The van der Waals surface area contributed by atoms with Crippen LogP contribution in [0.25, 0.3) is 0 Å². The van der Waals surface area contributed by atoms with Crippen LogP contribution in [0.4, 0.5) is 0 Å². The molecule has 1 fully saturated rings. The fraction of sp³-hybridized carbons (Fsp3) is 0.526. The summed E-state index contributed by atoms with van der Waals surface area (Å²) in [6.07, 6.45) is 5.09. The molecule has 0 atom stereocenters. The maximum Gasteiger partial charge on any atom is 0.232 e. The van der Waals surface area contributed by atoms with Gasteiger partial charge in [0.25, 0.3) is 0 Å². The Morgan fingerprint density at radius 3 is 2.70 bits per heavy atom. The number of benzene rings is 1. The van der Waals surface area contributed by atoms with Crippen molar-refractivity contribution in [2.75, 3.05) is 6.73 Å². The number of carbonyl (C=O) groups is 1. The van der Waals surface area contributed by atoms with Crippen molar-refractivity contribution in [3.8, 4) is 11.5 Å². The molecule has 4 rings (SSSR count). The zero-order valence-electron chi connectivity index (χ0n) is 14.1. The van der Waals surface area contributed by atoms with Crippen LogP contribution in [0.5, 0.6) is 11.5 Å². The Morgan fingerprint density at radius 1 is 1.26 bits per heavy atom. The predicted molar refractivity (Wildman–Crippen MR) is 87.8 cm³/mol. The van der Waals surface area contributed by atoms with Gasteiger partial charge in [0.1, 0.15) is 18.2 Å². The van der Waals surface area contributed by atoms with E-state index < -0.39 is 0 Å². The molecule has 1 aromatic carbocycles. The topological polar surface area (TPSA) is 38.8 Å². The van der Waals surface area contributed by atoms with Crippen molar-refractivity contribution in [2.24, 2.45) is 0 Å². The Bertz CT molecular complexity index is 710. The van der Waals surface area contributed by atoms with Crippen molar-refractivity contribution >= 4 is 5.78 Å². The number of carbonyl (C=O) groups excluding carboxylic acids is 1. The number of ether oxygens (including phenoxy) is 2. The Hall–Kier alpha value is -1.81. The third kappa shape index (κ3) is 2.27. The smallest absolute Gasteiger partial charge is 0.232 e. The van der Waals surface area contributed by atoms with E-state index in [9.17, 15) is 4.79 Å². The molecule has 122 valence electrons. The van der Waals surface area contributed by atoms with Gasteiger partial charge >= 0.3 is 0 Å². The molecular formula is C19H23NO3. The Kier molecular flexibility index (Phi) is 3.45. The lowest BCUT2D eigenvalue weighted by molar-refractivity contribution is 0.0566.